The second kappa shape index (κ2) is 5.96. The van der Waals surface area contributed by atoms with Gasteiger partial charge in [-0.1, -0.05) is 6.92 Å². The third-order valence-electron chi connectivity index (χ3n) is 2.64. The fourth-order valence-corrected chi connectivity index (χ4v) is 1.78. The van der Waals surface area contributed by atoms with E-state index in [-0.39, 0.29) is 6.10 Å². The number of hydrogen-bond donors (Lipinski definition) is 1. The van der Waals surface area contributed by atoms with Crippen LogP contribution in [-0.4, -0.2) is 23.3 Å². The van der Waals surface area contributed by atoms with Gasteiger partial charge in [-0.2, -0.15) is 0 Å². The van der Waals surface area contributed by atoms with Crippen LogP contribution in [-0.2, 0) is 11.3 Å². The summed E-state index contributed by atoms with van der Waals surface area (Å²) in [6, 6.07) is 0. The molecule has 5 nitrogen and oxygen atoms in total. The van der Waals surface area contributed by atoms with Crippen molar-refractivity contribution < 1.29 is 9.15 Å². The molecule has 0 aromatic carbocycles. The molecule has 0 bridgehead atoms. The van der Waals surface area contributed by atoms with E-state index in [1.165, 1.54) is 6.42 Å². The van der Waals surface area contributed by atoms with Crippen LogP contribution in [0.4, 0.5) is 0 Å². The summed E-state index contributed by atoms with van der Waals surface area (Å²) in [6.07, 6.45) is 4.42. The van der Waals surface area contributed by atoms with Gasteiger partial charge < -0.3 is 14.5 Å². The van der Waals surface area contributed by atoms with Crippen molar-refractivity contribution in [2.75, 3.05) is 13.2 Å². The molecule has 1 saturated heterocycles. The van der Waals surface area contributed by atoms with E-state index in [4.69, 9.17) is 9.15 Å². The Morgan fingerprint density at radius 1 is 1.38 bits per heavy atom. The Morgan fingerprint density at radius 2 is 2.31 bits per heavy atom. The van der Waals surface area contributed by atoms with E-state index >= 15 is 0 Å². The van der Waals surface area contributed by atoms with Gasteiger partial charge in [-0.05, 0) is 32.2 Å². The minimum atomic E-state index is 0.0150. The Hall–Kier alpha value is -0.940. The normalized spacial score (nSPS) is 21.2. The Labute approximate surface area is 95.6 Å². The van der Waals surface area contributed by atoms with Gasteiger partial charge in [0.2, 0.25) is 11.8 Å². The van der Waals surface area contributed by atoms with Gasteiger partial charge in [-0.25, -0.2) is 0 Å². The molecule has 1 aromatic rings. The molecule has 2 rings (SSSR count). The lowest BCUT2D eigenvalue weighted by molar-refractivity contribution is -0.00215. The number of hydrogen-bond acceptors (Lipinski definition) is 5. The fraction of sp³-hybridized carbons (Fsp3) is 0.818. The van der Waals surface area contributed by atoms with E-state index in [1.807, 2.05) is 0 Å². The lowest BCUT2D eigenvalue weighted by Crippen LogP contribution is -2.14. The Morgan fingerprint density at radius 3 is 3.06 bits per heavy atom. The van der Waals surface area contributed by atoms with Gasteiger partial charge in [0.05, 0.1) is 6.54 Å². The highest BCUT2D eigenvalue weighted by molar-refractivity contribution is 4.88. The molecule has 0 aliphatic carbocycles. The van der Waals surface area contributed by atoms with Crippen molar-refractivity contribution in [2.45, 2.75) is 45.3 Å². The first-order valence-corrected chi connectivity index (χ1v) is 6.04. The zero-order valence-corrected chi connectivity index (χ0v) is 9.74. The molecule has 1 N–H and O–H groups in total. The second-order valence-corrected chi connectivity index (χ2v) is 4.07. The number of nitrogens with one attached hydrogen (secondary N) is 1. The molecule has 0 radical (unpaired) electrons. The van der Waals surface area contributed by atoms with Crippen LogP contribution in [0.2, 0.25) is 0 Å². The average Bonchev–Trinajstić information content (AvgIpc) is 2.79. The molecule has 5 heteroatoms. The number of nitrogens with zero attached hydrogens (tertiary/aromatic N) is 2. The van der Waals surface area contributed by atoms with Crippen molar-refractivity contribution in [3.05, 3.63) is 11.8 Å². The van der Waals surface area contributed by atoms with E-state index < -0.39 is 0 Å². The Bertz CT molecular complexity index is 308. The zero-order valence-electron chi connectivity index (χ0n) is 9.74. The molecule has 0 spiro atoms. The van der Waals surface area contributed by atoms with Gasteiger partial charge in [-0.3, -0.25) is 0 Å². The van der Waals surface area contributed by atoms with Gasteiger partial charge in [0.15, 0.2) is 0 Å². The van der Waals surface area contributed by atoms with E-state index in [0.29, 0.717) is 18.3 Å². The molecular formula is C11H19N3O2. The number of rotatable bonds is 5. The van der Waals surface area contributed by atoms with Crippen LogP contribution in [0.5, 0.6) is 0 Å². The molecule has 90 valence electrons. The molecule has 1 atom stereocenters. The predicted molar refractivity (Wildman–Crippen MR) is 58.8 cm³/mol. The maximum atomic E-state index is 5.59. The summed E-state index contributed by atoms with van der Waals surface area (Å²) in [6.45, 7) is 4.55. The third-order valence-corrected chi connectivity index (χ3v) is 2.64. The summed E-state index contributed by atoms with van der Waals surface area (Å²) in [4.78, 5) is 0. The van der Waals surface area contributed by atoms with Gasteiger partial charge >= 0.3 is 0 Å². The summed E-state index contributed by atoms with van der Waals surface area (Å²) in [5, 5.41) is 11.3. The molecule has 1 aliphatic heterocycles. The van der Waals surface area contributed by atoms with Gasteiger partial charge in [0, 0.05) is 6.61 Å². The topological polar surface area (TPSA) is 60.2 Å². The van der Waals surface area contributed by atoms with Crippen LogP contribution < -0.4 is 5.32 Å². The van der Waals surface area contributed by atoms with E-state index in [0.717, 1.165) is 32.4 Å². The standard InChI is InChI=1S/C11H19N3O2/c1-2-6-12-8-10-13-14-11(16-10)9-5-3-4-7-15-9/h9,12H,2-8H2,1H3. The summed E-state index contributed by atoms with van der Waals surface area (Å²) < 4.78 is 11.1. The first-order chi connectivity index (χ1) is 7.90. The summed E-state index contributed by atoms with van der Waals surface area (Å²) in [5.74, 6) is 1.28. The highest BCUT2D eigenvalue weighted by Gasteiger charge is 2.21. The second-order valence-electron chi connectivity index (χ2n) is 4.07. The SMILES string of the molecule is CCCNCc1nnc(C2CCCCO2)o1. The maximum absolute atomic E-state index is 5.59. The maximum Gasteiger partial charge on any atom is 0.245 e. The van der Waals surface area contributed by atoms with E-state index in [9.17, 15) is 0 Å². The van der Waals surface area contributed by atoms with E-state index in [1.54, 1.807) is 0 Å². The van der Waals surface area contributed by atoms with Crippen molar-refractivity contribution in [3.8, 4) is 0 Å². The van der Waals surface area contributed by atoms with Crippen LogP contribution in [0, 0.1) is 0 Å². The lowest BCUT2D eigenvalue weighted by Gasteiger charge is -2.18. The molecule has 0 amide bonds. The van der Waals surface area contributed by atoms with Crippen molar-refractivity contribution >= 4 is 0 Å². The Kier molecular flexibility index (Phi) is 4.30. The molecule has 1 unspecified atom stereocenters. The largest absolute Gasteiger partial charge is 0.421 e. The van der Waals surface area contributed by atoms with Crippen molar-refractivity contribution in [1.82, 2.24) is 15.5 Å². The molecule has 0 saturated carbocycles. The third kappa shape index (κ3) is 3.02. The highest BCUT2D eigenvalue weighted by Crippen LogP contribution is 2.26. The molecule has 2 heterocycles. The average molecular weight is 225 g/mol. The number of aromatic nitrogens is 2. The van der Waals surface area contributed by atoms with Crippen LogP contribution in [0.1, 0.15) is 50.5 Å². The molecular weight excluding hydrogens is 206 g/mol. The first kappa shape index (κ1) is 11.5. The molecule has 1 aromatic heterocycles. The smallest absolute Gasteiger partial charge is 0.245 e. The summed E-state index contributed by atoms with van der Waals surface area (Å²) >= 11 is 0. The predicted octanol–water partition coefficient (Wildman–Crippen LogP) is 1.81. The summed E-state index contributed by atoms with van der Waals surface area (Å²) in [7, 11) is 0. The summed E-state index contributed by atoms with van der Waals surface area (Å²) in [5.41, 5.74) is 0. The van der Waals surface area contributed by atoms with Gasteiger partial charge in [0.1, 0.15) is 6.10 Å². The van der Waals surface area contributed by atoms with Crippen LogP contribution in [0.3, 0.4) is 0 Å². The van der Waals surface area contributed by atoms with Crippen LogP contribution >= 0.6 is 0 Å². The fourth-order valence-electron chi connectivity index (χ4n) is 1.78. The number of ether oxygens (including phenoxy) is 1. The lowest BCUT2D eigenvalue weighted by atomic mass is 10.1. The van der Waals surface area contributed by atoms with Crippen LogP contribution in [0.15, 0.2) is 4.42 Å². The minimum absolute atomic E-state index is 0.0150. The van der Waals surface area contributed by atoms with Crippen molar-refractivity contribution in [3.63, 3.8) is 0 Å². The highest BCUT2D eigenvalue weighted by atomic mass is 16.5. The molecule has 1 aliphatic rings. The Balaban J connectivity index is 1.85. The molecule has 1 fully saturated rings. The van der Waals surface area contributed by atoms with Crippen molar-refractivity contribution in [2.24, 2.45) is 0 Å². The minimum Gasteiger partial charge on any atom is -0.421 e. The quantitative estimate of drug-likeness (QED) is 0.774. The monoisotopic (exact) mass is 225 g/mol. The van der Waals surface area contributed by atoms with Crippen molar-refractivity contribution in [1.29, 1.82) is 0 Å². The van der Waals surface area contributed by atoms with E-state index in [2.05, 4.69) is 22.4 Å². The zero-order chi connectivity index (χ0) is 11.2. The van der Waals surface area contributed by atoms with Gasteiger partial charge in [-0.15, -0.1) is 10.2 Å². The van der Waals surface area contributed by atoms with Gasteiger partial charge in [0.25, 0.3) is 0 Å². The van der Waals surface area contributed by atoms with Crippen LogP contribution in [0.25, 0.3) is 0 Å². The first-order valence-electron chi connectivity index (χ1n) is 6.04. The molecule has 16 heavy (non-hydrogen) atoms.